The molecule has 1 heterocycles. The minimum absolute atomic E-state index is 0.0119. The molecule has 0 aromatic carbocycles. The van der Waals surface area contributed by atoms with Crippen LogP contribution in [0.3, 0.4) is 0 Å². The monoisotopic (exact) mass is 267 g/mol. The van der Waals surface area contributed by atoms with Crippen LogP contribution in [0.15, 0.2) is 0 Å². The summed E-state index contributed by atoms with van der Waals surface area (Å²) in [5.74, 6) is 0.455. The van der Waals surface area contributed by atoms with Crippen LogP contribution in [0.2, 0.25) is 0 Å². The van der Waals surface area contributed by atoms with Gasteiger partial charge in [0.05, 0.1) is 0 Å². The highest BCUT2D eigenvalue weighted by atomic mass is 16.2. The van der Waals surface area contributed by atoms with E-state index in [4.69, 9.17) is 0 Å². The van der Waals surface area contributed by atoms with Crippen molar-refractivity contribution in [2.75, 3.05) is 33.7 Å². The van der Waals surface area contributed by atoms with Crippen LogP contribution in [-0.2, 0) is 9.59 Å². The summed E-state index contributed by atoms with van der Waals surface area (Å²) >= 11 is 0. The van der Waals surface area contributed by atoms with E-state index in [1.54, 1.807) is 0 Å². The molecule has 0 bridgehead atoms. The molecular weight excluding hydrogens is 242 g/mol. The van der Waals surface area contributed by atoms with E-state index in [9.17, 15) is 9.59 Å². The van der Waals surface area contributed by atoms with Crippen LogP contribution in [0, 0.1) is 5.92 Å². The van der Waals surface area contributed by atoms with Crippen LogP contribution in [0.1, 0.15) is 32.6 Å². The third-order valence-corrected chi connectivity index (χ3v) is 4.17. The Bertz CT molecular complexity index is 366. The molecule has 108 valence electrons. The molecule has 19 heavy (non-hydrogen) atoms. The zero-order chi connectivity index (χ0) is 14.0. The number of hydrogen-bond acceptors (Lipinski definition) is 3. The van der Waals surface area contributed by atoms with Crippen molar-refractivity contribution >= 4 is 11.8 Å². The maximum Gasteiger partial charge on any atom is 0.248 e. The van der Waals surface area contributed by atoms with Crippen LogP contribution >= 0.6 is 0 Å². The lowest BCUT2D eigenvalue weighted by Gasteiger charge is -2.32. The van der Waals surface area contributed by atoms with Crippen molar-refractivity contribution < 1.29 is 9.59 Å². The standard InChI is InChI=1S/C14H25N3O2/c1-14(11-5-6-11)13(19)17(9-4-8-16(2)3)10-7-12(18)15-14/h11H,4-10H2,1-3H3,(H,15,18). The molecule has 2 fully saturated rings. The normalized spacial score (nSPS) is 28.5. The predicted molar refractivity (Wildman–Crippen MR) is 73.6 cm³/mol. The fourth-order valence-corrected chi connectivity index (χ4v) is 2.80. The van der Waals surface area contributed by atoms with E-state index >= 15 is 0 Å². The summed E-state index contributed by atoms with van der Waals surface area (Å²) in [5.41, 5.74) is -0.661. The lowest BCUT2D eigenvalue weighted by molar-refractivity contribution is -0.139. The molecule has 0 aromatic rings. The maximum absolute atomic E-state index is 12.7. The number of amides is 2. The number of nitrogens with zero attached hydrogens (tertiary/aromatic N) is 2. The Morgan fingerprint density at radius 2 is 2.05 bits per heavy atom. The van der Waals surface area contributed by atoms with Gasteiger partial charge in [-0.1, -0.05) is 0 Å². The fraction of sp³-hybridized carbons (Fsp3) is 0.857. The quantitative estimate of drug-likeness (QED) is 0.787. The highest BCUT2D eigenvalue weighted by Crippen LogP contribution is 2.41. The van der Waals surface area contributed by atoms with Crippen molar-refractivity contribution in [3.05, 3.63) is 0 Å². The first-order valence-electron chi connectivity index (χ1n) is 7.18. The van der Waals surface area contributed by atoms with Crippen LogP contribution in [0.25, 0.3) is 0 Å². The van der Waals surface area contributed by atoms with Gasteiger partial charge in [0.25, 0.3) is 0 Å². The Labute approximate surface area is 115 Å². The lowest BCUT2D eigenvalue weighted by atomic mass is 9.94. The molecule has 1 atom stereocenters. The summed E-state index contributed by atoms with van der Waals surface area (Å²) < 4.78 is 0. The van der Waals surface area contributed by atoms with Crippen molar-refractivity contribution in [2.45, 2.75) is 38.1 Å². The first-order chi connectivity index (χ1) is 8.93. The van der Waals surface area contributed by atoms with Gasteiger partial charge < -0.3 is 15.1 Å². The molecule has 1 aliphatic carbocycles. The Kier molecular flexibility index (Phi) is 4.13. The Morgan fingerprint density at radius 1 is 1.37 bits per heavy atom. The number of hydrogen-bond donors (Lipinski definition) is 1. The van der Waals surface area contributed by atoms with Gasteiger partial charge in [-0.15, -0.1) is 0 Å². The van der Waals surface area contributed by atoms with Gasteiger partial charge in [0, 0.05) is 19.5 Å². The molecule has 5 heteroatoms. The lowest BCUT2D eigenvalue weighted by Crippen LogP contribution is -2.56. The maximum atomic E-state index is 12.7. The van der Waals surface area contributed by atoms with E-state index in [0.29, 0.717) is 18.9 Å². The molecule has 5 nitrogen and oxygen atoms in total. The highest BCUT2D eigenvalue weighted by Gasteiger charge is 2.50. The zero-order valence-electron chi connectivity index (χ0n) is 12.2. The molecule has 2 aliphatic rings. The van der Waals surface area contributed by atoms with E-state index < -0.39 is 5.54 Å². The zero-order valence-corrected chi connectivity index (χ0v) is 12.2. The van der Waals surface area contributed by atoms with Gasteiger partial charge in [-0.2, -0.15) is 0 Å². The fourth-order valence-electron chi connectivity index (χ4n) is 2.80. The summed E-state index contributed by atoms with van der Waals surface area (Å²) in [6.07, 6.45) is 3.48. The first kappa shape index (κ1) is 14.3. The van der Waals surface area contributed by atoms with Crippen LogP contribution in [0.5, 0.6) is 0 Å². The van der Waals surface area contributed by atoms with Gasteiger partial charge in [0.2, 0.25) is 11.8 Å². The molecule has 0 spiro atoms. The Morgan fingerprint density at radius 3 is 2.63 bits per heavy atom. The first-order valence-corrected chi connectivity index (χ1v) is 7.18. The molecule has 0 radical (unpaired) electrons. The molecular formula is C14H25N3O2. The van der Waals surface area contributed by atoms with Crippen molar-refractivity contribution in [1.82, 2.24) is 15.1 Å². The van der Waals surface area contributed by atoms with Crippen LogP contribution in [-0.4, -0.2) is 60.9 Å². The molecule has 1 N–H and O–H groups in total. The second-order valence-electron chi connectivity index (χ2n) is 6.22. The summed E-state index contributed by atoms with van der Waals surface area (Å²) in [6.45, 7) is 4.16. The van der Waals surface area contributed by atoms with Gasteiger partial charge in [-0.25, -0.2) is 0 Å². The van der Waals surface area contributed by atoms with Crippen LogP contribution in [0.4, 0.5) is 0 Å². The summed E-state index contributed by atoms with van der Waals surface area (Å²) in [5, 5.41) is 2.96. The van der Waals surface area contributed by atoms with E-state index in [-0.39, 0.29) is 11.8 Å². The van der Waals surface area contributed by atoms with Gasteiger partial charge in [0.1, 0.15) is 5.54 Å². The third kappa shape index (κ3) is 3.26. The van der Waals surface area contributed by atoms with Crippen molar-refractivity contribution in [1.29, 1.82) is 0 Å². The third-order valence-electron chi connectivity index (χ3n) is 4.17. The number of nitrogens with one attached hydrogen (secondary N) is 1. The predicted octanol–water partition coefficient (Wildman–Crippen LogP) is 0.455. The van der Waals surface area contributed by atoms with Crippen molar-refractivity contribution in [2.24, 2.45) is 5.92 Å². The van der Waals surface area contributed by atoms with E-state index in [1.165, 1.54) is 0 Å². The molecule has 2 amide bonds. The van der Waals surface area contributed by atoms with Gasteiger partial charge >= 0.3 is 0 Å². The second-order valence-corrected chi connectivity index (χ2v) is 6.22. The second kappa shape index (κ2) is 5.49. The highest BCUT2D eigenvalue weighted by molar-refractivity contribution is 5.93. The average molecular weight is 267 g/mol. The Balaban J connectivity index is 2.02. The van der Waals surface area contributed by atoms with E-state index in [1.807, 2.05) is 25.9 Å². The minimum Gasteiger partial charge on any atom is -0.342 e. The molecule has 0 aromatic heterocycles. The molecule has 1 saturated carbocycles. The van der Waals surface area contributed by atoms with E-state index in [2.05, 4.69) is 10.2 Å². The number of carbonyl (C=O) groups excluding carboxylic acids is 2. The van der Waals surface area contributed by atoms with Crippen molar-refractivity contribution in [3.8, 4) is 0 Å². The summed E-state index contributed by atoms with van der Waals surface area (Å²) in [7, 11) is 4.06. The SMILES string of the molecule is CN(C)CCCN1CCC(=O)NC(C)(C2CC2)C1=O. The topological polar surface area (TPSA) is 52.6 Å². The van der Waals surface area contributed by atoms with Crippen molar-refractivity contribution in [3.63, 3.8) is 0 Å². The smallest absolute Gasteiger partial charge is 0.248 e. The number of carbonyl (C=O) groups is 2. The molecule has 1 unspecified atom stereocenters. The Hall–Kier alpha value is -1.10. The average Bonchev–Trinajstić information content (AvgIpc) is 3.15. The largest absolute Gasteiger partial charge is 0.342 e. The molecule has 2 rings (SSSR count). The van der Waals surface area contributed by atoms with Gasteiger partial charge in [0.15, 0.2) is 0 Å². The molecule has 1 saturated heterocycles. The summed E-state index contributed by atoms with van der Waals surface area (Å²) in [6, 6.07) is 0. The van der Waals surface area contributed by atoms with Gasteiger partial charge in [-0.3, -0.25) is 9.59 Å². The number of rotatable bonds is 5. The van der Waals surface area contributed by atoms with Gasteiger partial charge in [-0.05, 0) is 52.7 Å². The molecule has 1 aliphatic heterocycles. The summed E-state index contributed by atoms with van der Waals surface area (Å²) in [4.78, 5) is 28.5. The minimum atomic E-state index is -0.661. The van der Waals surface area contributed by atoms with Crippen LogP contribution < -0.4 is 5.32 Å². The van der Waals surface area contributed by atoms with E-state index in [0.717, 1.165) is 32.4 Å².